The number of rotatable bonds is 7. The number of alkyl halides is 3. The molecule has 7 nitrogen and oxygen atoms in total. The number of fused-ring (bicyclic) bond motifs is 1. The molecule has 1 aliphatic carbocycles. The summed E-state index contributed by atoms with van der Waals surface area (Å²) in [4.78, 5) is 39.6. The number of hydrogen-bond donors (Lipinski definition) is 2. The summed E-state index contributed by atoms with van der Waals surface area (Å²) in [6, 6.07) is 16.5. The Bertz CT molecular complexity index is 1230. The van der Waals surface area contributed by atoms with Gasteiger partial charge in [0.15, 0.2) is 0 Å². The first-order chi connectivity index (χ1) is 19.9. The van der Waals surface area contributed by atoms with Gasteiger partial charge in [-0.1, -0.05) is 55.3 Å². The van der Waals surface area contributed by atoms with Crippen LogP contribution >= 0.6 is 0 Å². The summed E-state index contributed by atoms with van der Waals surface area (Å²) in [6.45, 7) is 8.89. The van der Waals surface area contributed by atoms with Gasteiger partial charge in [-0.15, -0.1) is 0 Å². The first kappa shape index (κ1) is 31.5. The van der Waals surface area contributed by atoms with Crippen LogP contribution in [0.1, 0.15) is 65.2 Å². The van der Waals surface area contributed by atoms with Crippen molar-refractivity contribution in [3.8, 4) is 0 Å². The summed E-state index contributed by atoms with van der Waals surface area (Å²) in [5.74, 6) is -1.05. The average Bonchev–Trinajstić information content (AvgIpc) is 3.70. The lowest BCUT2D eigenvalue weighted by Gasteiger charge is -2.26. The van der Waals surface area contributed by atoms with Crippen LogP contribution in [0.25, 0.3) is 0 Å². The Morgan fingerprint density at radius 3 is 2.10 bits per heavy atom. The van der Waals surface area contributed by atoms with Crippen molar-refractivity contribution in [3.63, 3.8) is 0 Å². The molecule has 0 radical (unpaired) electrons. The topological polar surface area (TPSA) is 90.0 Å². The van der Waals surface area contributed by atoms with Gasteiger partial charge in [-0.25, -0.2) is 4.79 Å². The summed E-state index contributed by atoms with van der Waals surface area (Å²) in [7, 11) is 0. The maximum atomic E-state index is 13.2. The normalized spacial score (nSPS) is 21.4. The Balaban J connectivity index is 0.000000517. The van der Waals surface area contributed by atoms with Crippen LogP contribution in [0.15, 0.2) is 48.5 Å². The van der Waals surface area contributed by atoms with Crippen LogP contribution in [0.5, 0.6) is 0 Å². The van der Waals surface area contributed by atoms with Gasteiger partial charge in [0.05, 0.1) is 6.04 Å². The van der Waals surface area contributed by atoms with E-state index in [2.05, 4.69) is 59.3 Å². The maximum Gasteiger partial charge on any atom is 0.490 e. The Labute approximate surface area is 245 Å². The van der Waals surface area contributed by atoms with Crippen molar-refractivity contribution >= 4 is 17.8 Å². The number of nitrogens with one attached hydrogen (secondary N) is 1. The largest absolute Gasteiger partial charge is 0.490 e. The van der Waals surface area contributed by atoms with Gasteiger partial charge in [0.2, 0.25) is 5.91 Å². The lowest BCUT2D eigenvalue weighted by molar-refractivity contribution is -0.192. The minimum atomic E-state index is -5.08. The SMILES string of the molecule is Cc1cccc(C(=O)N2CC3CN(CCC(NC(=O)C4CCCC4)c4ccccc4)C[C@H]3C2)c1C.O=C(O)C(F)(F)F. The van der Waals surface area contributed by atoms with E-state index in [1.807, 2.05) is 18.2 Å². The summed E-state index contributed by atoms with van der Waals surface area (Å²) >= 11 is 0. The predicted octanol–water partition coefficient (Wildman–Crippen LogP) is 5.38. The molecule has 2 heterocycles. The van der Waals surface area contributed by atoms with E-state index in [4.69, 9.17) is 9.90 Å². The number of aliphatic carboxylic acids is 1. The molecule has 2 saturated heterocycles. The highest BCUT2D eigenvalue weighted by atomic mass is 19.4. The molecule has 3 aliphatic rings. The smallest absolute Gasteiger partial charge is 0.475 e. The van der Waals surface area contributed by atoms with Crippen molar-refractivity contribution < 1.29 is 32.7 Å². The molecule has 5 rings (SSSR count). The average molecular weight is 588 g/mol. The molecule has 1 saturated carbocycles. The van der Waals surface area contributed by atoms with E-state index in [-0.39, 0.29) is 23.8 Å². The first-order valence-electron chi connectivity index (χ1n) is 14.7. The molecule has 42 heavy (non-hydrogen) atoms. The Kier molecular flexibility index (Phi) is 10.3. The number of benzene rings is 2. The lowest BCUT2D eigenvalue weighted by atomic mass is 10.0. The summed E-state index contributed by atoms with van der Waals surface area (Å²) < 4.78 is 31.7. The molecule has 2 amide bonds. The molecule has 2 aromatic rings. The van der Waals surface area contributed by atoms with Gasteiger partial charge >= 0.3 is 12.1 Å². The van der Waals surface area contributed by atoms with E-state index in [1.54, 1.807) is 0 Å². The summed E-state index contributed by atoms with van der Waals surface area (Å²) in [5, 5.41) is 10.5. The monoisotopic (exact) mass is 587 g/mol. The number of nitrogens with zero attached hydrogens (tertiary/aromatic N) is 2. The fourth-order valence-electron chi connectivity index (χ4n) is 6.39. The fraction of sp³-hybridized carbons (Fsp3) is 0.531. The molecule has 3 atom stereocenters. The number of halogens is 3. The third-order valence-electron chi connectivity index (χ3n) is 8.91. The fourth-order valence-corrected chi connectivity index (χ4v) is 6.39. The number of carbonyl (C=O) groups excluding carboxylic acids is 2. The second kappa shape index (κ2) is 13.7. The molecule has 2 aromatic carbocycles. The Hall–Kier alpha value is -3.40. The van der Waals surface area contributed by atoms with Crippen LogP contribution in [0, 0.1) is 31.6 Å². The minimum absolute atomic E-state index is 0.0621. The summed E-state index contributed by atoms with van der Waals surface area (Å²) in [6.07, 6.45) is 0.245. The number of amides is 2. The first-order valence-corrected chi connectivity index (χ1v) is 14.7. The standard InChI is InChI=1S/C30H39N3O2.C2HF3O2/c1-21-9-8-14-27(22(21)2)30(35)33-19-25-17-32(18-26(25)20-33)16-15-28(23-10-4-3-5-11-23)31-29(34)24-12-6-7-13-24;3-2(4,5)1(6)7/h3-5,8-11,14,24-26,28H,6-7,12-13,15-20H2,1-2H3,(H,31,34);(H,6,7)/t25-,26?,28?;/m0./s1. The number of aryl methyl sites for hydroxylation is 1. The zero-order valence-corrected chi connectivity index (χ0v) is 24.2. The lowest BCUT2D eigenvalue weighted by Crippen LogP contribution is -2.36. The van der Waals surface area contributed by atoms with Gasteiger partial charge in [-0.2, -0.15) is 13.2 Å². The van der Waals surface area contributed by atoms with Gasteiger partial charge in [0, 0.05) is 44.2 Å². The van der Waals surface area contributed by atoms with E-state index >= 15 is 0 Å². The van der Waals surface area contributed by atoms with Gasteiger partial charge in [0.25, 0.3) is 5.91 Å². The molecule has 2 N–H and O–H groups in total. The van der Waals surface area contributed by atoms with E-state index in [0.717, 1.165) is 63.1 Å². The zero-order chi connectivity index (χ0) is 30.4. The molecule has 0 spiro atoms. The van der Waals surface area contributed by atoms with Crippen LogP contribution in [0.3, 0.4) is 0 Å². The molecule has 228 valence electrons. The van der Waals surface area contributed by atoms with Crippen molar-refractivity contribution in [1.29, 1.82) is 0 Å². The van der Waals surface area contributed by atoms with Crippen molar-refractivity contribution in [3.05, 3.63) is 70.8 Å². The van der Waals surface area contributed by atoms with Crippen LogP contribution in [-0.2, 0) is 9.59 Å². The summed E-state index contributed by atoms with van der Waals surface area (Å²) in [5.41, 5.74) is 4.33. The van der Waals surface area contributed by atoms with Crippen LogP contribution in [-0.4, -0.2) is 71.6 Å². The highest BCUT2D eigenvalue weighted by molar-refractivity contribution is 5.96. The third-order valence-corrected chi connectivity index (χ3v) is 8.91. The second-order valence-electron chi connectivity index (χ2n) is 11.8. The van der Waals surface area contributed by atoms with E-state index in [1.165, 1.54) is 24.0 Å². The van der Waals surface area contributed by atoms with Crippen molar-refractivity contribution in [2.45, 2.75) is 58.2 Å². The van der Waals surface area contributed by atoms with Crippen molar-refractivity contribution in [2.24, 2.45) is 17.8 Å². The number of carbonyl (C=O) groups is 3. The van der Waals surface area contributed by atoms with Gasteiger partial charge in [-0.05, 0) is 67.7 Å². The van der Waals surface area contributed by atoms with Crippen LogP contribution < -0.4 is 5.32 Å². The number of carboxylic acid groups (broad SMARTS) is 1. The molecule has 10 heteroatoms. The van der Waals surface area contributed by atoms with Gasteiger partial charge in [0.1, 0.15) is 0 Å². The Morgan fingerprint density at radius 2 is 1.52 bits per heavy atom. The molecule has 0 aromatic heterocycles. The van der Waals surface area contributed by atoms with E-state index in [9.17, 15) is 22.8 Å². The molecule has 2 aliphatic heterocycles. The van der Waals surface area contributed by atoms with Crippen molar-refractivity contribution in [2.75, 3.05) is 32.7 Å². The van der Waals surface area contributed by atoms with Crippen LogP contribution in [0.4, 0.5) is 13.2 Å². The minimum Gasteiger partial charge on any atom is -0.475 e. The molecule has 2 unspecified atom stereocenters. The van der Waals surface area contributed by atoms with E-state index in [0.29, 0.717) is 11.8 Å². The maximum absolute atomic E-state index is 13.2. The van der Waals surface area contributed by atoms with E-state index < -0.39 is 12.1 Å². The van der Waals surface area contributed by atoms with Gasteiger partial charge < -0.3 is 20.2 Å². The molecule has 0 bridgehead atoms. The number of hydrogen-bond acceptors (Lipinski definition) is 4. The van der Waals surface area contributed by atoms with Crippen molar-refractivity contribution in [1.82, 2.24) is 15.1 Å². The zero-order valence-electron chi connectivity index (χ0n) is 24.2. The molecule has 3 fully saturated rings. The number of likely N-dealkylation sites (tertiary alicyclic amines) is 2. The van der Waals surface area contributed by atoms with Crippen LogP contribution in [0.2, 0.25) is 0 Å². The highest BCUT2D eigenvalue weighted by Crippen LogP contribution is 2.33. The number of carboxylic acids is 1. The second-order valence-corrected chi connectivity index (χ2v) is 11.8. The highest BCUT2D eigenvalue weighted by Gasteiger charge is 2.42. The Morgan fingerprint density at radius 1 is 0.929 bits per heavy atom. The third kappa shape index (κ3) is 7.91. The predicted molar refractivity (Wildman–Crippen MR) is 153 cm³/mol. The molecular formula is C32H40F3N3O4. The molecular weight excluding hydrogens is 547 g/mol. The van der Waals surface area contributed by atoms with Gasteiger partial charge in [-0.3, -0.25) is 9.59 Å². The quantitative estimate of drug-likeness (QED) is 0.454.